The first-order valence-corrected chi connectivity index (χ1v) is 6.30. The van der Waals surface area contributed by atoms with E-state index >= 15 is 0 Å². The smallest absolute Gasteiger partial charge is 0.0472 e. The molecule has 0 spiro atoms. The third kappa shape index (κ3) is 4.24. The molecule has 0 aromatic heterocycles. The van der Waals surface area contributed by atoms with Gasteiger partial charge in [-0.3, -0.25) is 0 Å². The van der Waals surface area contributed by atoms with Crippen LogP contribution in [0.5, 0.6) is 0 Å². The van der Waals surface area contributed by atoms with E-state index in [0.717, 1.165) is 52.1 Å². The number of hydrogen-bond donors (Lipinski definition) is 1. The van der Waals surface area contributed by atoms with Crippen LogP contribution in [0.1, 0.15) is 25.7 Å². The van der Waals surface area contributed by atoms with Gasteiger partial charge in [0.1, 0.15) is 0 Å². The zero-order valence-electron chi connectivity index (χ0n) is 10.6. The average molecular weight is 226 g/mol. The summed E-state index contributed by atoms with van der Waals surface area (Å²) >= 11 is 0. The van der Waals surface area contributed by atoms with E-state index in [1.54, 1.807) is 0 Å². The average Bonchev–Trinajstić information content (AvgIpc) is 2.30. The second kappa shape index (κ2) is 7.05. The van der Waals surface area contributed by atoms with Crippen molar-refractivity contribution in [1.82, 2.24) is 4.90 Å². The Morgan fingerprint density at radius 2 is 2.12 bits per heavy atom. The molecule has 1 rings (SSSR count). The van der Waals surface area contributed by atoms with Gasteiger partial charge in [0, 0.05) is 19.8 Å². The summed E-state index contributed by atoms with van der Waals surface area (Å²) in [6.07, 6.45) is 6.49. The van der Waals surface area contributed by atoms with Crippen molar-refractivity contribution in [1.29, 1.82) is 0 Å². The fraction of sp³-hybridized carbons (Fsp3) is 0.846. The van der Waals surface area contributed by atoms with Gasteiger partial charge in [-0.25, -0.2) is 0 Å². The number of nitrogens with two attached hydrogens (primary N) is 1. The Morgan fingerprint density at radius 3 is 2.69 bits per heavy atom. The van der Waals surface area contributed by atoms with Crippen LogP contribution in [0.3, 0.4) is 0 Å². The van der Waals surface area contributed by atoms with Crippen molar-refractivity contribution in [3.63, 3.8) is 0 Å². The number of ether oxygens (including phenoxy) is 1. The molecule has 2 N–H and O–H groups in total. The predicted molar refractivity (Wildman–Crippen MR) is 68.5 cm³/mol. The number of allylic oxidation sites excluding steroid dienone is 1. The zero-order valence-corrected chi connectivity index (χ0v) is 10.6. The molecular formula is C13H26N2O. The molecule has 0 bridgehead atoms. The third-order valence-electron chi connectivity index (χ3n) is 3.54. The van der Waals surface area contributed by atoms with Crippen LogP contribution >= 0.6 is 0 Å². The van der Waals surface area contributed by atoms with Crippen LogP contribution in [-0.2, 0) is 4.74 Å². The maximum absolute atomic E-state index is 5.94. The number of hydrogen-bond acceptors (Lipinski definition) is 3. The number of rotatable bonds is 7. The Hall–Kier alpha value is -0.380. The topological polar surface area (TPSA) is 38.5 Å². The first-order valence-electron chi connectivity index (χ1n) is 6.30. The third-order valence-corrected chi connectivity index (χ3v) is 3.54. The van der Waals surface area contributed by atoms with E-state index in [4.69, 9.17) is 10.5 Å². The Balaban J connectivity index is 2.33. The van der Waals surface area contributed by atoms with Crippen LogP contribution in [0.25, 0.3) is 0 Å². The zero-order chi connectivity index (χ0) is 11.9. The van der Waals surface area contributed by atoms with Crippen molar-refractivity contribution >= 4 is 0 Å². The molecule has 1 fully saturated rings. The fourth-order valence-corrected chi connectivity index (χ4v) is 2.39. The van der Waals surface area contributed by atoms with Crippen LogP contribution in [0.2, 0.25) is 0 Å². The summed E-state index contributed by atoms with van der Waals surface area (Å²) in [5.74, 6) is 0. The van der Waals surface area contributed by atoms with Gasteiger partial charge in [0.15, 0.2) is 0 Å². The molecule has 0 unspecified atom stereocenters. The van der Waals surface area contributed by atoms with Gasteiger partial charge in [0.05, 0.1) is 0 Å². The van der Waals surface area contributed by atoms with Crippen LogP contribution < -0.4 is 5.73 Å². The summed E-state index contributed by atoms with van der Waals surface area (Å²) in [5.41, 5.74) is 6.24. The minimum absolute atomic E-state index is 0.293. The van der Waals surface area contributed by atoms with Crippen LogP contribution in [0, 0.1) is 5.41 Å². The standard InChI is InChI=1S/C13H26N2O/c1-3-4-5-8-15(2)12-13(11-14)6-9-16-10-7-13/h3H,1,4-12,14H2,2H3. The molecule has 0 atom stereocenters. The Labute approximate surface area is 99.6 Å². The van der Waals surface area contributed by atoms with Gasteiger partial charge in [-0.2, -0.15) is 0 Å². The second-order valence-corrected chi connectivity index (χ2v) is 4.99. The first kappa shape index (κ1) is 13.7. The Kier molecular flexibility index (Phi) is 6.03. The van der Waals surface area contributed by atoms with Gasteiger partial charge in [-0.1, -0.05) is 6.08 Å². The van der Waals surface area contributed by atoms with Crippen molar-refractivity contribution in [2.24, 2.45) is 11.1 Å². The molecule has 1 aliphatic heterocycles. The lowest BCUT2D eigenvalue weighted by Gasteiger charge is -2.39. The Morgan fingerprint density at radius 1 is 1.44 bits per heavy atom. The summed E-state index contributed by atoms with van der Waals surface area (Å²) in [6, 6.07) is 0. The molecule has 3 nitrogen and oxygen atoms in total. The SMILES string of the molecule is C=CCCCN(C)CC1(CN)CCOCC1. The highest BCUT2D eigenvalue weighted by atomic mass is 16.5. The summed E-state index contributed by atoms with van der Waals surface area (Å²) in [7, 11) is 2.19. The maximum atomic E-state index is 5.94. The van der Waals surface area contributed by atoms with Crippen molar-refractivity contribution in [2.75, 3.05) is 39.9 Å². The highest BCUT2D eigenvalue weighted by molar-refractivity contribution is 4.85. The molecule has 0 aromatic carbocycles. The molecule has 16 heavy (non-hydrogen) atoms. The van der Waals surface area contributed by atoms with Gasteiger partial charge < -0.3 is 15.4 Å². The molecule has 0 aromatic rings. The monoisotopic (exact) mass is 226 g/mol. The maximum Gasteiger partial charge on any atom is 0.0472 e. The number of nitrogens with zero attached hydrogens (tertiary/aromatic N) is 1. The molecule has 0 amide bonds. The van der Waals surface area contributed by atoms with E-state index in [2.05, 4.69) is 18.5 Å². The molecule has 1 heterocycles. The minimum atomic E-state index is 0.293. The summed E-state index contributed by atoms with van der Waals surface area (Å²) in [4.78, 5) is 2.40. The molecule has 1 aliphatic rings. The summed E-state index contributed by atoms with van der Waals surface area (Å²) < 4.78 is 5.42. The summed E-state index contributed by atoms with van der Waals surface area (Å²) in [5, 5.41) is 0. The van der Waals surface area contributed by atoms with Crippen molar-refractivity contribution < 1.29 is 4.74 Å². The van der Waals surface area contributed by atoms with Gasteiger partial charge in [-0.05, 0) is 51.2 Å². The summed E-state index contributed by atoms with van der Waals surface area (Å²) in [6.45, 7) is 8.51. The van der Waals surface area contributed by atoms with Crippen LogP contribution in [0.15, 0.2) is 12.7 Å². The van der Waals surface area contributed by atoms with Gasteiger partial charge >= 0.3 is 0 Å². The second-order valence-electron chi connectivity index (χ2n) is 4.99. The van der Waals surface area contributed by atoms with Crippen LogP contribution in [-0.4, -0.2) is 44.8 Å². The van der Waals surface area contributed by atoms with E-state index in [1.165, 1.54) is 6.42 Å². The van der Waals surface area contributed by atoms with Gasteiger partial charge in [0.25, 0.3) is 0 Å². The molecular weight excluding hydrogens is 200 g/mol. The molecule has 0 radical (unpaired) electrons. The van der Waals surface area contributed by atoms with E-state index < -0.39 is 0 Å². The van der Waals surface area contributed by atoms with Gasteiger partial charge in [-0.15, -0.1) is 6.58 Å². The number of unbranched alkanes of at least 4 members (excludes halogenated alkanes) is 1. The lowest BCUT2D eigenvalue weighted by atomic mass is 9.80. The highest BCUT2D eigenvalue weighted by Gasteiger charge is 2.32. The molecule has 0 aliphatic carbocycles. The molecule has 0 saturated carbocycles. The van der Waals surface area contributed by atoms with Crippen LogP contribution in [0.4, 0.5) is 0 Å². The van der Waals surface area contributed by atoms with E-state index in [9.17, 15) is 0 Å². The highest BCUT2D eigenvalue weighted by Crippen LogP contribution is 2.29. The normalized spacial score (nSPS) is 19.9. The molecule has 3 heteroatoms. The Bertz CT molecular complexity index is 200. The van der Waals surface area contributed by atoms with Crippen molar-refractivity contribution in [3.8, 4) is 0 Å². The lowest BCUT2D eigenvalue weighted by Crippen LogP contribution is -2.45. The molecule has 94 valence electrons. The van der Waals surface area contributed by atoms with E-state index in [-0.39, 0.29) is 0 Å². The van der Waals surface area contributed by atoms with E-state index in [0.29, 0.717) is 5.41 Å². The first-order chi connectivity index (χ1) is 7.72. The quantitative estimate of drug-likeness (QED) is 0.530. The lowest BCUT2D eigenvalue weighted by molar-refractivity contribution is 0.00365. The van der Waals surface area contributed by atoms with Crippen molar-refractivity contribution in [2.45, 2.75) is 25.7 Å². The fourth-order valence-electron chi connectivity index (χ4n) is 2.39. The van der Waals surface area contributed by atoms with Gasteiger partial charge in [0.2, 0.25) is 0 Å². The van der Waals surface area contributed by atoms with E-state index in [1.807, 2.05) is 6.08 Å². The largest absolute Gasteiger partial charge is 0.381 e. The predicted octanol–water partition coefficient (Wildman–Crippen LogP) is 1.64. The van der Waals surface area contributed by atoms with Crippen molar-refractivity contribution in [3.05, 3.63) is 12.7 Å². The molecule has 1 saturated heterocycles. The minimum Gasteiger partial charge on any atom is -0.381 e.